The summed E-state index contributed by atoms with van der Waals surface area (Å²) in [5.41, 5.74) is -0.927. The zero-order chi connectivity index (χ0) is 11.3. The van der Waals surface area contributed by atoms with Gasteiger partial charge in [0.25, 0.3) is 5.06 Å². The van der Waals surface area contributed by atoms with Crippen LogP contribution in [0, 0.1) is 0 Å². The molecule has 1 saturated carbocycles. The third-order valence-corrected chi connectivity index (χ3v) is 3.69. The molecule has 0 aromatic rings. The number of alkyl halides is 3. The molecule has 1 saturated heterocycles. The molecule has 1 unspecified atom stereocenters. The Hall–Kier alpha value is -0.420. The normalized spacial score (nSPS) is 36.3. The van der Waals surface area contributed by atoms with Crippen molar-refractivity contribution in [1.82, 2.24) is 0 Å². The first kappa shape index (κ1) is 11.1. The largest absolute Gasteiger partial charge is 0.466 e. The fourth-order valence-corrected chi connectivity index (χ4v) is 2.46. The Morgan fingerprint density at radius 1 is 1.33 bits per heavy atom. The molecule has 6 heteroatoms. The van der Waals surface area contributed by atoms with Crippen LogP contribution in [0.3, 0.4) is 0 Å². The summed E-state index contributed by atoms with van der Waals surface area (Å²) in [5, 5.41) is -1.53. The first-order chi connectivity index (χ1) is 6.85. The summed E-state index contributed by atoms with van der Waals surface area (Å²) < 4.78 is 35.4. The van der Waals surface area contributed by atoms with Gasteiger partial charge in [0, 0.05) is 12.8 Å². The maximum atomic E-state index is 12.9. The highest BCUT2D eigenvalue weighted by molar-refractivity contribution is 6.36. The Kier molecular flexibility index (Phi) is 2.25. The van der Waals surface area contributed by atoms with Gasteiger partial charge in [-0.1, -0.05) is 11.6 Å². The van der Waals surface area contributed by atoms with Crippen molar-refractivity contribution in [3.05, 3.63) is 0 Å². The maximum absolute atomic E-state index is 12.9. The topological polar surface area (TPSA) is 38.8 Å². The van der Waals surface area contributed by atoms with Crippen molar-refractivity contribution in [2.45, 2.75) is 42.3 Å². The average Bonchev–Trinajstić information content (AvgIpc) is 2.78. The van der Waals surface area contributed by atoms with Gasteiger partial charge >= 0.3 is 5.97 Å². The van der Waals surface area contributed by atoms with E-state index in [0.29, 0.717) is 0 Å². The number of halogens is 3. The van der Waals surface area contributed by atoms with Gasteiger partial charge < -0.3 is 9.47 Å². The SMILES string of the molecule is COC(=O)C1(Cl)OC12CCC(F)(F)CC2. The number of rotatable bonds is 1. The van der Waals surface area contributed by atoms with Crippen LogP contribution in [0.15, 0.2) is 0 Å². The standard InChI is InChI=1S/C9H11ClF2O3/c1-14-6(13)9(10)7(15-9)2-4-8(11,12)5-3-7/h2-5H2,1H3. The van der Waals surface area contributed by atoms with Gasteiger partial charge in [0.15, 0.2) is 0 Å². The minimum atomic E-state index is -2.66. The summed E-state index contributed by atoms with van der Waals surface area (Å²) in [4.78, 5) is 11.3. The summed E-state index contributed by atoms with van der Waals surface area (Å²) >= 11 is 5.88. The van der Waals surface area contributed by atoms with Crippen molar-refractivity contribution >= 4 is 17.6 Å². The number of hydrogen-bond acceptors (Lipinski definition) is 3. The van der Waals surface area contributed by atoms with E-state index in [9.17, 15) is 13.6 Å². The molecule has 15 heavy (non-hydrogen) atoms. The second-order valence-corrected chi connectivity index (χ2v) is 4.57. The second-order valence-electron chi connectivity index (χ2n) is 4.04. The second kappa shape index (κ2) is 3.04. The van der Waals surface area contributed by atoms with Crippen LogP contribution in [0.25, 0.3) is 0 Å². The molecule has 1 aliphatic heterocycles. The van der Waals surface area contributed by atoms with Crippen molar-refractivity contribution in [1.29, 1.82) is 0 Å². The number of hydrogen-bond donors (Lipinski definition) is 0. The summed E-state index contributed by atoms with van der Waals surface area (Å²) in [6, 6.07) is 0. The number of carbonyl (C=O) groups is 1. The minimum Gasteiger partial charge on any atom is -0.466 e. The number of ether oxygens (including phenoxy) is 2. The van der Waals surface area contributed by atoms with Crippen LogP contribution < -0.4 is 0 Å². The van der Waals surface area contributed by atoms with Gasteiger partial charge in [-0.2, -0.15) is 0 Å². The van der Waals surface area contributed by atoms with Gasteiger partial charge in [-0.15, -0.1) is 0 Å². The van der Waals surface area contributed by atoms with Gasteiger partial charge in [0.2, 0.25) is 5.92 Å². The van der Waals surface area contributed by atoms with Crippen molar-refractivity contribution in [2.24, 2.45) is 0 Å². The van der Waals surface area contributed by atoms with Crippen molar-refractivity contribution < 1.29 is 23.0 Å². The zero-order valence-electron chi connectivity index (χ0n) is 8.19. The van der Waals surface area contributed by atoms with E-state index >= 15 is 0 Å². The Morgan fingerprint density at radius 3 is 2.33 bits per heavy atom. The molecule has 2 fully saturated rings. The van der Waals surface area contributed by atoms with E-state index in [-0.39, 0.29) is 25.7 Å². The zero-order valence-corrected chi connectivity index (χ0v) is 8.94. The molecule has 2 rings (SSSR count). The fourth-order valence-electron chi connectivity index (χ4n) is 2.05. The molecule has 0 bridgehead atoms. The molecule has 0 radical (unpaired) electrons. The minimum absolute atomic E-state index is 0.0958. The third-order valence-electron chi connectivity index (χ3n) is 3.12. The highest BCUT2D eigenvalue weighted by Gasteiger charge is 2.76. The van der Waals surface area contributed by atoms with Gasteiger partial charge in [-0.3, -0.25) is 0 Å². The molecular weight excluding hydrogens is 230 g/mol. The van der Waals surface area contributed by atoms with E-state index < -0.39 is 22.6 Å². The summed E-state index contributed by atoms with van der Waals surface area (Å²) in [6.45, 7) is 0. The van der Waals surface area contributed by atoms with Crippen LogP contribution in [0.5, 0.6) is 0 Å². The number of carbonyl (C=O) groups excluding carboxylic acids is 1. The fraction of sp³-hybridized carbons (Fsp3) is 0.889. The summed E-state index contributed by atoms with van der Waals surface area (Å²) in [7, 11) is 1.19. The van der Waals surface area contributed by atoms with E-state index in [1.807, 2.05) is 0 Å². The van der Waals surface area contributed by atoms with Crippen molar-refractivity contribution in [3.63, 3.8) is 0 Å². The van der Waals surface area contributed by atoms with Crippen LogP contribution >= 0.6 is 11.6 Å². The molecular formula is C9H11ClF2O3. The first-order valence-corrected chi connectivity index (χ1v) is 5.08. The van der Waals surface area contributed by atoms with Crippen molar-refractivity contribution in [3.8, 4) is 0 Å². The summed E-state index contributed by atoms with van der Waals surface area (Å²) in [5.74, 6) is -3.36. The van der Waals surface area contributed by atoms with Crippen LogP contribution in [-0.2, 0) is 14.3 Å². The van der Waals surface area contributed by atoms with E-state index in [1.54, 1.807) is 0 Å². The molecule has 1 atom stereocenters. The van der Waals surface area contributed by atoms with E-state index in [4.69, 9.17) is 16.3 Å². The Bertz CT molecular complexity index is 298. The van der Waals surface area contributed by atoms with E-state index in [2.05, 4.69) is 4.74 Å². The number of epoxide rings is 1. The van der Waals surface area contributed by atoms with E-state index in [0.717, 1.165) is 0 Å². The lowest BCUT2D eigenvalue weighted by molar-refractivity contribution is -0.143. The Balaban J connectivity index is 2.06. The van der Waals surface area contributed by atoms with Crippen LogP contribution in [0.2, 0.25) is 0 Å². The summed E-state index contributed by atoms with van der Waals surface area (Å²) in [6.07, 6.45) is -0.395. The highest BCUT2D eigenvalue weighted by atomic mass is 35.5. The molecule has 1 spiro atoms. The lowest BCUT2D eigenvalue weighted by Crippen LogP contribution is -2.37. The van der Waals surface area contributed by atoms with Crippen LogP contribution in [0.1, 0.15) is 25.7 Å². The molecule has 0 aromatic carbocycles. The molecule has 1 aliphatic carbocycles. The van der Waals surface area contributed by atoms with Crippen LogP contribution in [-0.4, -0.2) is 29.7 Å². The number of esters is 1. The van der Waals surface area contributed by atoms with Gasteiger partial charge in [0.1, 0.15) is 5.60 Å². The molecule has 0 aromatic heterocycles. The average molecular weight is 241 g/mol. The predicted molar refractivity (Wildman–Crippen MR) is 47.8 cm³/mol. The van der Waals surface area contributed by atoms with Gasteiger partial charge in [-0.25, -0.2) is 13.6 Å². The predicted octanol–water partition coefficient (Wildman–Crippen LogP) is 2.07. The van der Waals surface area contributed by atoms with Gasteiger partial charge in [-0.05, 0) is 12.8 Å². The van der Waals surface area contributed by atoms with Crippen LogP contribution in [0.4, 0.5) is 8.78 Å². The van der Waals surface area contributed by atoms with Gasteiger partial charge in [0.05, 0.1) is 7.11 Å². The highest BCUT2D eigenvalue weighted by Crippen LogP contribution is 2.61. The monoisotopic (exact) mass is 240 g/mol. The quantitative estimate of drug-likeness (QED) is 0.400. The van der Waals surface area contributed by atoms with Crippen molar-refractivity contribution in [2.75, 3.05) is 7.11 Å². The molecule has 86 valence electrons. The first-order valence-electron chi connectivity index (χ1n) is 4.71. The lowest BCUT2D eigenvalue weighted by atomic mass is 9.84. The maximum Gasteiger partial charge on any atom is 0.357 e. The number of methoxy groups -OCH3 is 1. The smallest absolute Gasteiger partial charge is 0.357 e. The molecule has 0 N–H and O–H groups in total. The Morgan fingerprint density at radius 2 is 1.87 bits per heavy atom. The lowest BCUT2D eigenvalue weighted by Gasteiger charge is -2.26. The Labute approximate surface area is 90.7 Å². The molecule has 3 nitrogen and oxygen atoms in total. The molecule has 2 aliphatic rings. The third kappa shape index (κ3) is 1.52. The molecule has 1 heterocycles. The van der Waals surface area contributed by atoms with E-state index in [1.165, 1.54) is 7.11 Å². The molecule has 0 amide bonds.